The summed E-state index contributed by atoms with van der Waals surface area (Å²) in [6.45, 7) is 0. The van der Waals surface area contributed by atoms with Crippen LogP contribution in [0.15, 0.2) is 109 Å². The van der Waals surface area contributed by atoms with E-state index in [0.717, 1.165) is 9.87 Å². The molecule has 1 heterocycles. The highest BCUT2D eigenvalue weighted by atomic mass is 32.2. The molecule has 7 heteroatoms. The zero-order valence-corrected chi connectivity index (χ0v) is 18.9. The van der Waals surface area contributed by atoms with Gasteiger partial charge in [0.05, 0.1) is 23.4 Å². The maximum absolute atomic E-state index is 13.4. The van der Waals surface area contributed by atoms with Crippen LogP contribution in [0.4, 0.5) is 11.4 Å². The number of ketones is 1. The Morgan fingerprint density at radius 2 is 1.32 bits per heavy atom. The molecule has 5 rings (SSSR count). The van der Waals surface area contributed by atoms with Crippen LogP contribution < -0.4 is 13.2 Å². The van der Waals surface area contributed by atoms with Crippen molar-refractivity contribution in [2.24, 2.45) is 0 Å². The van der Waals surface area contributed by atoms with Crippen molar-refractivity contribution in [3.63, 3.8) is 0 Å². The monoisotopic (exact) mass is 471 g/mol. The van der Waals surface area contributed by atoms with E-state index in [4.69, 9.17) is 8.92 Å². The van der Waals surface area contributed by atoms with E-state index >= 15 is 0 Å². The van der Waals surface area contributed by atoms with Crippen LogP contribution in [0.25, 0.3) is 0 Å². The minimum atomic E-state index is -4.29. The van der Waals surface area contributed by atoms with Crippen LogP contribution in [0.2, 0.25) is 0 Å². The van der Waals surface area contributed by atoms with E-state index < -0.39 is 16.4 Å². The van der Waals surface area contributed by atoms with Gasteiger partial charge in [-0.2, -0.15) is 8.42 Å². The molecule has 0 N–H and O–H groups in total. The minimum Gasteiger partial charge on any atom is -0.484 e. The molecule has 0 amide bonds. The molecule has 0 radical (unpaired) electrons. The fourth-order valence-electron chi connectivity index (χ4n) is 3.90. The van der Waals surface area contributed by atoms with E-state index in [1.165, 1.54) is 12.1 Å². The van der Waals surface area contributed by atoms with Gasteiger partial charge in [0.15, 0.2) is 5.78 Å². The second kappa shape index (κ2) is 9.03. The molecule has 0 spiro atoms. The standard InChI is InChI=1S/C27H21NO5S/c29-25-19-26(20-10-4-1-5-11-20)32-27-18-23(16-17-24(25)27)33-34(30,31)28(21-12-6-2-7-13-21)22-14-8-3-9-15-22/h1-18,26H,19H2. The Labute approximate surface area is 198 Å². The average molecular weight is 472 g/mol. The molecular weight excluding hydrogens is 450 g/mol. The Morgan fingerprint density at radius 3 is 1.91 bits per heavy atom. The SMILES string of the molecule is O=C1CC(c2ccccc2)Oc2cc(OS(=O)(=O)N(c3ccccc3)c3ccccc3)ccc21. The van der Waals surface area contributed by atoms with E-state index in [1.54, 1.807) is 66.7 Å². The van der Waals surface area contributed by atoms with E-state index in [1.807, 2.05) is 30.3 Å². The third-order valence-electron chi connectivity index (χ3n) is 5.47. The first-order valence-corrected chi connectivity index (χ1v) is 12.1. The number of anilines is 2. The number of nitrogens with zero attached hydrogens (tertiary/aromatic N) is 1. The lowest BCUT2D eigenvalue weighted by molar-refractivity contribution is 0.0850. The Hall–Kier alpha value is -4.10. The van der Waals surface area contributed by atoms with Crippen molar-refractivity contribution >= 4 is 27.5 Å². The predicted molar refractivity (Wildman–Crippen MR) is 130 cm³/mol. The lowest BCUT2D eigenvalue weighted by Gasteiger charge is -2.27. The van der Waals surface area contributed by atoms with Crippen LogP contribution >= 0.6 is 0 Å². The first kappa shape index (κ1) is 21.7. The van der Waals surface area contributed by atoms with E-state index in [9.17, 15) is 13.2 Å². The van der Waals surface area contributed by atoms with Crippen molar-refractivity contribution in [1.29, 1.82) is 0 Å². The fourth-order valence-corrected chi connectivity index (χ4v) is 5.08. The highest BCUT2D eigenvalue weighted by Crippen LogP contribution is 2.38. The Balaban J connectivity index is 1.47. The number of benzene rings is 4. The molecule has 1 aliphatic heterocycles. The van der Waals surface area contributed by atoms with Crippen LogP contribution in [0.1, 0.15) is 28.4 Å². The Morgan fingerprint density at radius 1 is 0.765 bits per heavy atom. The molecule has 6 nitrogen and oxygen atoms in total. The fraction of sp³-hybridized carbons (Fsp3) is 0.0741. The van der Waals surface area contributed by atoms with Crippen molar-refractivity contribution in [3.05, 3.63) is 120 Å². The largest absolute Gasteiger partial charge is 0.484 e. The van der Waals surface area contributed by atoms with Gasteiger partial charge in [-0.1, -0.05) is 66.7 Å². The summed E-state index contributed by atoms with van der Waals surface area (Å²) < 4.78 is 39.5. The first-order valence-electron chi connectivity index (χ1n) is 10.7. The van der Waals surface area contributed by atoms with Crippen LogP contribution in [-0.4, -0.2) is 14.2 Å². The van der Waals surface area contributed by atoms with Crippen molar-refractivity contribution in [2.75, 3.05) is 4.31 Å². The topological polar surface area (TPSA) is 72.9 Å². The molecule has 1 unspecified atom stereocenters. The first-order chi connectivity index (χ1) is 16.5. The van der Waals surface area contributed by atoms with Crippen molar-refractivity contribution in [1.82, 2.24) is 0 Å². The summed E-state index contributed by atoms with van der Waals surface area (Å²) >= 11 is 0. The summed E-state index contributed by atoms with van der Waals surface area (Å²) in [7, 11) is -4.29. The highest BCUT2D eigenvalue weighted by Gasteiger charge is 2.30. The summed E-state index contributed by atoms with van der Waals surface area (Å²) in [5.74, 6) is 0.278. The zero-order valence-electron chi connectivity index (χ0n) is 18.1. The normalized spacial score (nSPS) is 15.2. The van der Waals surface area contributed by atoms with Gasteiger partial charge in [0.2, 0.25) is 0 Å². The summed E-state index contributed by atoms with van der Waals surface area (Å²) in [4.78, 5) is 12.7. The van der Waals surface area contributed by atoms with Crippen molar-refractivity contribution in [3.8, 4) is 11.5 Å². The third kappa shape index (κ3) is 4.38. The predicted octanol–water partition coefficient (Wildman–Crippen LogP) is 5.86. The lowest BCUT2D eigenvalue weighted by atomic mass is 9.96. The molecule has 0 bridgehead atoms. The molecule has 4 aromatic rings. The van der Waals surface area contributed by atoms with E-state index in [0.29, 0.717) is 22.7 Å². The summed E-state index contributed by atoms with van der Waals surface area (Å²) in [6, 6.07) is 31.3. The average Bonchev–Trinajstić information content (AvgIpc) is 2.85. The molecule has 0 saturated heterocycles. The molecule has 1 atom stereocenters. The van der Waals surface area contributed by atoms with Gasteiger partial charge < -0.3 is 8.92 Å². The van der Waals surface area contributed by atoms with Crippen LogP contribution in [0.3, 0.4) is 0 Å². The van der Waals surface area contributed by atoms with Gasteiger partial charge in [0, 0.05) is 6.07 Å². The number of carbonyl (C=O) groups excluding carboxylic acids is 1. The van der Waals surface area contributed by atoms with Crippen LogP contribution in [-0.2, 0) is 10.3 Å². The summed E-state index contributed by atoms with van der Waals surface area (Å²) in [5.41, 5.74) is 2.14. The summed E-state index contributed by atoms with van der Waals surface area (Å²) in [6.07, 6.45) is -0.233. The molecule has 1 aliphatic rings. The number of ether oxygens (including phenoxy) is 1. The van der Waals surface area contributed by atoms with Gasteiger partial charge in [0.25, 0.3) is 0 Å². The Kier molecular flexibility index (Phi) is 5.77. The number of rotatable bonds is 6. The van der Waals surface area contributed by atoms with Crippen molar-refractivity contribution in [2.45, 2.75) is 12.5 Å². The highest BCUT2D eigenvalue weighted by molar-refractivity contribution is 7.88. The smallest absolute Gasteiger partial charge is 0.414 e. The second-order valence-corrected chi connectivity index (χ2v) is 9.17. The number of carbonyl (C=O) groups is 1. The molecule has 34 heavy (non-hydrogen) atoms. The quantitative estimate of drug-likeness (QED) is 0.352. The molecule has 0 aromatic heterocycles. The zero-order chi connectivity index (χ0) is 23.5. The van der Waals surface area contributed by atoms with E-state index in [-0.39, 0.29) is 18.0 Å². The molecule has 0 aliphatic carbocycles. The lowest BCUT2D eigenvalue weighted by Crippen LogP contribution is -2.30. The number of hydrogen-bond donors (Lipinski definition) is 0. The number of para-hydroxylation sites is 2. The molecule has 0 saturated carbocycles. The van der Waals surface area contributed by atoms with Gasteiger partial charge >= 0.3 is 10.3 Å². The molecule has 4 aromatic carbocycles. The van der Waals surface area contributed by atoms with Gasteiger partial charge in [-0.15, -0.1) is 0 Å². The molecule has 0 fully saturated rings. The molecule has 170 valence electrons. The maximum atomic E-state index is 13.4. The van der Waals surface area contributed by atoms with Gasteiger partial charge in [-0.3, -0.25) is 4.79 Å². The minimum absolute atomic E-state index is 0.0529. The third-order valence-corrected chi connectivity index (χ3v) is 6.74. The number of hydrogen-bond acceptors (Lipinski definition) is 5. The van der Waals surface area contributed by atoms with Gasteiger partial charge in [0.1, 0.15) is 17.6 Å². The summed E-state index contributed by atoms with van der Waals surface area (Å²) in [5, 5.41) is 0. The van der Waals surface area contributed by atoms with Gasteiger partial charge in [-0.25, -0.2) is 4.31 Å². The second-order valence-electron chi connectivity index (χ2n) is 7.78. The van der Waals surface area contributed by atoms with Crippen LogP contribution in [0, 0.1) is 0 Å². The van der Waals surface area contributed by atoms with Gasteiger partial charge in [-0.05, 0) is 42.0 Å². The van der Waals surface area contributed by atoms with Crippen LogP contribution in [0.5, 0.6) is 11.5 Å². The maximum Gasteiger partial charge on any atom is 0.414 e. The number of Topliss-reactive ketones (excluding diaryl/α,β-unsaturated/α-hetero) is 1. The molecular formula is C27H21NO5S. The Bertz CT molecular complexity index is 1370. The van der Waals surface area contributed by atoms with Crippen molar-refractivity contribution < 1.29 is 22.1 Å². The number of fused-ring (bicyclic) bond motifs is 1. The van der Waals surface area contributed by atoms with E-state index in [2.05, 4.69) is 0 Å².